The van der Waals surface area contributed by atoms with Crippen LogP contribution in [0.3, 0.4) is 0 Å². The van der Waals surface area contributed by atoms with Crippen LogP contribution in [0.1, 0.15) is 31.2 Å². The van der Waals surface area contributed by atoms with E-state index in [0.717, 1.165) is 65.0 Å². The van der Waals surface area contributed by atoms with Crippen molar-refractivity contribution in [1.29, 1.82) is 0 Å². The smallest absolute Gasteiger partial charge is 0.239 e. The highest BCUT2D eigenvalue weighted by Gasteiger charge is 2.32. The average Bonchev–Trinajstić information content (AvgIpc) is 2.69. The zero-order valence-corrected chi connectivity index (χ0v) is 16.2. The zero-order valence-electron chi connectivity index (χ0n) is 15.3. The maximum atomic E-state index is 12.6. The van der Waals surface area contributed by atoms with Crippen LogP contribution in [0.4, 0.5) is 0 Å². The van der Waals surface area contributed by atoms with E-state index in [9.17, 15) is 4.79 Å². The third kappa shape index (κ3) is 5.95. The minimum atomic E-state index is -0.376. The van der Waals surface area contributed by atoms with E-state index in [1.165, 1.54) is 5.56 Å². The van der Waals surface area contributed by atoms with Crippen LogP contribution < -0.4 is 5.73 Å². The van der Waals surface area contributed by atoms with E-state index >= 15 is 0 Å². The number of benzene rings is 1. The molecule has 0 aromatic heterocycles. The first-order valence-electron chi connectivity index (χ1n) is 9.51. The third-order valence-corrected chi connectivity index (χ3v) is 5.40. The average molecular weight is 383 g/mol. The van der Waals surface area contributed by atoms with Gasteiger partial charge in [-0.2, -0.15) is 0 Å². The minimum Gasteiger partial charge on any atom is -0.381 e. The molecular weight excluding hydrogens is 352 g/mol. The zero-order chi connectivity index (χ0) is 17.5. The van der Waals surface area contributed by atoms with Gasteiger partial charge < -0.3 is 20.1 Å². The monoisotopic (exact) mass is 382 g/mol. The van der Waals surface area contributed by atoms with Gasteiger partial charge in [-0.3, -0.25) is 4.79 Å². The van der Waals surface area contributed by atoms with Crippen molar-refractivity contribution < 1.29 is 14.3 Å². The van der Waals surface area contributed by atoms with Crippen molar-refractivity contribution in [2.24, 2.45) is 11.7 Å². The van der Waals surface area contributed by atoms with Crippen LogP contribution in [-0.2, 0) is 20.7 Å². The fourth-order valence-electron chi connectivity index (χ4n) is 3.72. The van der Waals surface area contributed by atoms with Crippen molar-refractivity contribution in [1.82, 2.24) is 4.90 Å². The van der Waals surface area contributed by atoms with Crippen LogP contribution in [0.2, 0.25) is 0 Å². The molecule has 2 N–H and O–H groups in total. The predicted molar refractivity (Wildman–Crippen MR) is 104 cm³/mol. The number of hydrogen-bond donors (Lipinski definition) is 1. The fraction of sp³-hybridized carbons (Fsp3) is 0.650. The Balaban J connectivity index is 0.00000243. The van der Waals surface area contributed by atoms with Gasteiger partial charge in [0, 0.05) is 26.3 Å². The van der Waals surface area contributed by atoms with Gasteiger partial charge in [-0.15, -0.1) is 12.4 Å². The number of hydrogen-bond acceptors (Lipinski definition) is 4. The number of rotatable bonds is 6. The number of carbonyl (C=O) groups excluding carboxylic acids is 1. The number of amides is 1. The molecule has 146 valence electrons. The summed E-state index contributed by atoms with van der Waals surface area (Å²) in [4.78, 5) is 14.6. The second-order valence-corrected chi connectivity index (χ2v) is 7.11. The SMILES string of the molecule is Cl.NC(C(=O)N1CCC(OCCc2ccccc2)CC1)C1CCOCC1. The molecule has 1 aromatic rings. The molecule has 6 heteroatoms. The summed E-state index contributed by atoms with van der Waals surface area (Å²) in [5.41, 5.74) is 7.53. The normalized spacial score (nSPS) is 20.4. The lowest BCUT2D eigenvalue weighted by Gasteiger charge is -2.36. The molecule has 3 rings (SSSR count). The first-order chi connectivity index (χ1) is 12.2. The van der Waals surface area contributed by atoms with Crippen molar-refractivity contribution in [3.8, 4) is 0 Å². The number of ether oxygens (including phenoxy) is 2. The third-order valence-electron chi connectivity index (χ3n) is 5.40. The molecule has 5 nitrogen and oxygen atoms in total. The number of likely N-dealkylation sites (tertiary alicyclic amines) is 1. The molecule has 1 unspecified atom stereocenters. The van der Waals surface area contributed by atoms with Crippen LogP contribution >= 0.6 is 12.4 Å². The summed E-state index contributed by atoms with van der Waals surface area (Å²) in [5, 5.41) is 0. The fourth-order valence-corrected chi connectivity index (χ4v) is 3.72. The second-order valence-electron chi connectivity index (χ2n) is 7.11. The Morgan fingerprint density at radius 2 is 1.81 bits per heavy atom. The Hall–Kier alpha value is -1.14. The Morgan fingerprint density at radius 3 is 2.46 bits per heavy atom. The van der Waals surface area contributed by atoms with Crippen molar-refractivity contribution in [3.05, 3.63) is 35.9 Å². The van der Waals surface area contributed by atoms with Gasteiger partial charge in [-0.1, -0.05) is 30.3 Å². The minimum absolute atomic E-state index is 0. The molecule has 1 atom stereocenters. The van der Waals surface area contributed by atoms with E-state index < -0.39 is 0 Å². The maximum absolute atomic E-state index is 12.6. The van der Waals surface area contributed by atoms with Crippen molar-refractivity contribution >= 4 is 18.3 Å². The summed E-state index contributed by atoms with van der Waals surface area (Å²) in [5.74, 6) is 0.371. The van der Waals surface area contributed by atoms with Gasteiger partial charge in [0.1, 0.15) is 0 Å². The highest BCUT2D eigenvalue weighted by atomic mass is 35.5. The summed E-state index contributed by atoms with van der Waals surface area (Å²) in [6.07, 6.45) is 4.79. The number of nitrogens with zero attached hydrogens (tertiary/aromatic N) is 1. The van der Waals surface area contributed by atoms with Crippen molar-refractivity contribution in [3.63, 3.8) is 0 Å². The van der Waals surface area contributed by atoms with Gasteiger partial charge in [0.05, 0.1) is 18.8 Å². The lowest BCUT2D eigenvalue weighted by Crippen LogP contribution is -2.51. The Bertz CT molecular complexity index is 529. The molecule has 2 fully saturated rings. The highest BCUT2D eigenvalue weighted by Crippen LogP contribution is 2.21. The van der Waals surface area contributed by atoms with E-state index in [2.05, 4.69) is 24.3 Å². The van der Waals surface area contributed by atoms with Gasteiger partial charge in [0.15, 0.2) is 0 Å². The van der Waals surface area contributed by atoms with Gasteiger partial charge in [-0.25, -0.2) is 0 Å². The summed E-state index contributed by atoms with van der Waals surface area (Å²) in [7, 11) is 0. The standard InChI is InChI=1S/C20H30N2O3.ClH/c21-19(17-9-13-24-14-10-17)20(23)22-11-6-18(7-12-22)25-15-8-16-4-2-1-3-5-16;/h1-5,17-19H,6-15,21H2;1H. The lowest BCUT2D eigenvalue weighted by atomic mass is 9.91. The molecule has 1 amide bonds. The van der Waals surface area contributed by atoms with Crippen molar-refractivity contribution in [2.75, 3.05) is 32.9 Å². The molecule has 1 aromatic carbocycles. The van der Waals surface area contributed by atoms with Crippen molar-refractivity contribution in [2.45, 2.75) is 44.2 Å². The second kappa shape index (κ2) is 10.9. The van der Waals surface area contributed by atoms with E-state index in [1.807, 2.05) is 11.0 Å². The molecule has 2 aliphatic rings. The summed E-state index contributed by atoms with van der Waals surface area (Å²) < 4.78 is 11.4. The molecule has 2 heterocycles. The van der Waals surface area contributed by atoms with Gasteiger partial charge >= 0.3 is 0 Å². The quantitative estimate of drug-likeness (QED) is 0.820. The van der Waals surface area contributed by atoms with Crippen LogP contribution in [-0.4, -0.2) is 55.9 Å². The highest BCUT2D eigenvalue weighted by molar-refractivity contribution is 5.85. The molecule has 0 saturated carbocycles. The van der Waals surface area contributed by atoms with E-state index in [-0.39, 0.29) is 36.4 Å². The Kier molecular flexibility index (Phi) is 8.85. The van der Waals surface area contributed by atoms with E-state index in [0.29, 0.717) is 0 Å². The first kappa shape index (κ1) is 21.2. The molecule has 0 bridgehead atoms. The topological polar surface area (TPSA) is 64.8 Å². The van der Waals surface area contributed by atoms with E-state index in [1.54, 1.807) is 0 Å². The van der Waals surface area contributed by atoms with Crippen LogP contribution in [0.25, 0.3) is 0 Å². The Morgan fingerprint density at radius 1 is 1.15 bits per heavy atom. The molecule has 0 spiro atoms. The van der Waals surface area contributed by atoms with Crippen LogP contribution in [0.15, 0.2) is 30.3 Å². The molecule has 0 radical (unpaired) electrons. The largest absolute Gasteiger partial charge is 0.381 e. The van der Waals surface area contributed by atoms with E-state index in [4.69, 9.17) is 15.2 Å². The van der Waals surface area contributed by atoms with Gasteiger partial charge in [0.25, 0.3) is 0 Å². The first-order valence-corrected chi connectivity index (χ1v) is 9.51. The molecule has 2 aliphatic heterocycles. The summed E-state index contributed by atoms with van der Waals surface area (Å²) >= 11 is 0. The number of nitrogens with two attached hydrogens (primary N) is 1. The summed E-state index contributed by atoms with van der Waals surface area (Å²) in [6, 6.07) is 10.0. The maximum Gasteiger partial charge on any atom is 0.239 e. The molecule has 26 heavy (non-hydrogen) atoms. The number of piperidine rings is 1. The number of halogens is 1. The summed E-state index contributed by atoms with van der Waals surface area (Å²) in [6.45, 7) is 3.70. The molecular formula is C20H31ClN2O3. The number of carbonyl (C=O) groups is 1. The molecule has 0 aliphatic carbocycles. The lowest BCUT2D eigenvalue weighted by molar-refractivity contribution is -0.137. The van der Waals surface area contributed by atoms with Crippen LogP contribution in [0.5, 0.6) is 0 Å². The van der Waals surface area contributed by atoms with Crippen LogP contribution in [0, 0.1) is 5.92 Å². The van der Waals surface area contributed by atoms with Gasteiger partial charge in [0.2, 0.25) is 5.91 Å². The van der Waals surface area contributed by atoms with Gasteiger partial charge in [-0.05, 0) is 43.6 Å². The Labute approximate surface area is 162 Å². The predicted octanol–water partition coefficient (Wildman–Crippen LogP) is 2.41. The molecule has 2 saturated heterocycles.